The summed E-state index contributed by atoms with van der Waals surface area (Å²) in [6, 6.07) is 7.51. The van der Waals surface area contributed by atoms with Crippen LogP contribution in [-0.4, -0.2) is 17.5 Å². The Labute approximate surface area is 127 Å². The van der Waals surface area contributed by atoms with Crippen LogP contribution in [0.15, 0.2) is 24.3 Å². The maximum absolute atomic E-state index is 10.7. The van der Waals surface area contributed by atoms with E-state index in [-0.39, 0.29) is 10.6 Å². The van der Waals surface area contributed by atoms with Gasteiger partial charge in [-0.25, -0.2) is 0 Å². The first-order valence-electron chi connectivity index (χ1n) is 8.08. The molecule has 0 amide bonds. The highest BCUT2D eigenvalue weighted by Gasteiger charge is 2.39. The summed E-state index contributed by atoms with van der Waals surface area (Å²) in [6.45, 7) is 5.42. The van der Waals surface area contributed by atoms with Gasteiger partial charge in [0, 0.05) is 18.2 Å². The Kier molecular flexibility index (Phi) is 5.34. The zero-order chi connectivity index (χ0) is 15.3. The van der Waals surface area contributed by atoms with Gasteiger partial charge in [0.05, 0.1) is 4.92 Å². The van der Waals surface area contributed by atoms with Crippen LogP contribution in [0.3, 0.4) is 0 Å². The molecule has 1 aliphatic rings. The van der Waals surface area contributed by atoms with Crippen molar-refractivity contribution in [1.29, 1.82) is 0 Å². The lowest BCUT2D eigenvalue weighted by molar-refractivity contribution is -0.384. The van der Waals surface area contributed by atoms with E-state index in [0.717, 1.165) is 13.0 Å². The van der Waals surface area contributed by atoms with Gasteiger partial charge in [0.2, 0.25) is 0 Å². The molecule has 1 fully saturated rings. The Morgan fingerprint density at radius 3 is 2.33 bits per heavy atom. The molecule has 1 aromatic carbocycles. The molecule has 0 aliphatic heterocycles. The highest BCUT2D eigenvalue weighted by atomic mass is 16.6. The molecule has 0 heterocycles. The number of nitrogens with zero attached hydrogens (tertiary/aromatic N) is 1. The van der Waals surface area contributed by atoms with Crippen molar-refractivity contribution in [2.45, 2.75) is 58.4 Å². The van der Waals surface area contributed by atoms with Crippen molar-refractivity contribution in [2.24, 2.45) is 5.41 Å². The summed E-state index contributed by atoms with van der Waals surface area (Å²) in [7, 11) is 0. The van der Waals surface area contributed by atoms with Crippen LogP contribution in [0.5, 0.6) is 0 Å². The van der Waals surface area contributed by atoms with Crippen molar-refractivity contribution in [3.63, 3.8) is 0 Å². The van der Waals surface area contributed by atoms with E-state index in [9.17, 15) is 10.1 Å². The first-order valence-corrected chi connectivity index (χ1v) is 8.08. The van der Waals surface area contributed by atoms with Crippen LogP contribution in [0.25, 0.3) is 0 Å². The third kappa shape index (κ3) is 3.62. The van der Waals surface area contributed by atoms with Crippen molar-refractivity contribution in [3.8, 4) is 0 Å². The molecule has 4 heteroatoms. The number of nitro benzene ring substituents is 1. The number of nitrogens with one attached hydrogen (secondary N) is 1. The predicted molar refractivity (Wildman–Crippen MR) is 85.5 cm³/mol. The van der Waals surface area contributed by atoms with Crippen LogP contribution < -0.4 is 5.32 Å². The smallest absolute Gasteiger partial charge is 0.269 e. The summed E-state index contributed by atoms with van der Waals surface area (Å²) >= 11 is 0. The second-order valence-electron chi connectivity index (χ2n) is 6.16. The monoisotopic (exact) mass is 290 g/mol. The van der Waals surface area contributed by atoms with E-state index in [1.165, 1.54) is 37.7 Å². The SMILES string of the molecule is CCNC(Cc1ccc([N+](=O)[O-])cc1)C1(CC)CCCC1. The van der Waals surface area contributed by atoms with Gasteiger partial charge in [0.1, 0.15) is 0 Å². The minimum absolute atomic E-state index is 0.171. The van der Waals surface area contributed by atoms with E-state index in [4.69, 9.17) is 0 Å². The van der Waals surface area contributed by atoms with Gasteiger partial charge < -0.3 is 5.32 Å². The lowest BCUT2D eigenvalue weighted by Crippen LogP contribution is -2.45. The molecule has 1 aliphatic carbocycles. The summed E-state index contributed by atoms with van der Waals surface area (Å²) in [6.07, 6.45) is 7.42. The van der Waals surface area contributed by atoms with Crippen molar-refractivity contribution < 1.29 is 4.92 Å². The van der Waals surface area contributed by atoms with Gasteiger partial charge in [0.15, 0.2) is 0 Å². The molecule has 1 saturated carbocycles. The van der Waals surface area contributed by atoms with E-state index in [0.29, 0.717) is 11.5 Å². The number of likely N-dealkylation sites (N-methyl/N-ethyl adjacent to an activating group) is 1. The standard InChI is InChI=1S/C17H26N2O2/c1-3-17(11-5-6-12-17)16(18-4-2)13-14-7-9-15(10-8-14)19(20)21/h7-10,16,18H,3-6,11-13H2,1-2H3. The molecular formula is C17H26N2O2. The third-order valence-electron chi connectivity index (χ3n) is 5.08. The largest absolute Gasteiger partial charge is 0.313 e. The van der Waals surface area contributed by atoms with Gasteiger partial charge in [-0.2, -0.15) is 0 Å². The Morgan fingerprint density at radius 1 is 1.24 bits per heavy atom. The number of rotatable bonds is 7. The third-order valence-corrected chi connectivity index (χ3v) is 5.08. The van der Waals surface area contributed by atoms with E-state index < -0.39 is 0 Å². The van der Waals surface area contributed by atoms with Crippen molar-refractivity contribution >= 4 is 5.69 Å². The lowest BCUT2D eigenvalue weighted by Gasteiger charge is -2.38. The molecule has 0 radical (unpaired) electrons. The molecule has 1 unspecified atom stereocenters. The fourth-order valence-corrected chi connectivity index (χ4v) is 3.77. The molecule has 0 saturated heterocycles. The number of non-ortho nitro benzene ring substituents is 1. The molecule has 2 rings (SSSR count). The van der Waals surface area contributed by atoms with E-state index in [1.54, 1.807) is 12.1 Å². The summed E-state index contributed by atoms with van der Waals surface area (Å²) in [5.74, 6) is 0. The molecular weight excluding hydrogens is 264 g/mol. The fourth-order valence-electron chi connectivity index (χ4n) is 3.77. The summed E-state index contributed by atoms with van der Waals surface area (Å²) in [4.78, 5) is 10.4. The zero-order valence-corrected chi connectivity index (χ0v) is 13.1. The first-order chi connectivity index (χ1) is 10.1. The predicted octanol–water partition coefficient (Wildman–Crippen LogP) is 4.09. The van der Waals surface area contributed by atoms with Crippen molar-refractivity contribution in [2.75, 3.05) is 6.54 Å². The van der Waals surface area contributed by atoms with Gasteiger partial charge in [-0.1, -0.05) is 38.8 Å². The normalized spacial score (nSPS) is 18.6. The molecule has 4 nitrogen and oxygen atoms in total. The van der Waals surface area contributed by atoms with Crippen LogP contribution in [0.4, 0.5) is 5.69 Å². The van der Waals surface area contributed by atoms with Gasteiger partial charge in [0.25, 0.3) is 5.69 Å². The molecule has 0 spiro atoms. The Balaban J connectivity index is 2.13. The average Bonchev–Trinajstić information content (AvgIpc) is 2.97. The lowest BCUT2D eigenvalue weighted by atomic mass is 9.74. The minimum Gasteiger partial charge on any atom is -0.313 e. The molecule has 1 N–H and O–H groups in total. The summed E-state index contributed by atoms with van der Waals surface area (Å²) < 4.78 is 0. The van der Waals surface area contributed by atoms with Gasteiger partial charge in [-0.05, 0) is 43.2 Å². The molecule has 21 heavy (non-hydrogen) atoms. The van der Waals surface area contributed by atoms with E-state index in [1.807, 2.05) is 12.1 Å². The maximum atomic E-state index is 10.7. The van der Waals surface area contributed by atoms with Crippen molar-refractivity contribution in [3.05, 3.63) is 39.9 Å². The zero-order valence-electron chi connectivity index (χ0n) is 13.1. The molecule has 1 aromatic rings. The quantitative estimate of drug-likeness (QED) is 0.608. The fraction of sp³-hybridized carbons (Fsp3) is 0.647. The summed E-state index contributed by atoms with van der Waals surface area (Å²) in [5, 5.41) is 14.4. The van der Waals surface area contributed by atoms with Gasteiger partial charge in [-0.3, -0.25) is 10.1 Å². The van der Waals surface area contributed by atoms with E-state index >= 15 is 0 Å². The summed E-state index contributed by atoms with van der Waals surface area (Å²) in [5.41, 5.74) is 1.76. The van der Waals surface area contributed by atoms with E-state index in [2.05, 4.69) is 19.2 Å². The molecule has 116 valence electrons. The van der Waals surface area contributed by atoms with Crippen LogP contribution in [0.2, 0.25) is 0 Å². The topological polar surface area (TPSA) is 55.2 Å². The maximum Gasteiger partial charge on any atom is 0.269 e. The number of hydrogen-bond acceptors (Lipinski definition) is 3. The molecule has 1 atom stereocenters. The van der Waals surface area contributed by atoms with Crippen LogP contribution in [-0.2, 0) is 6.42 Å². The molecule has 0 aromatic heterocycles. The van der Waals surface area contributed by atoms with Gasteiger partial charge in [-0.15, -0.1) is 0 Å². The minimum atomic E-state index is -0.337. The highest BCUT2D eigenvalue weighted by molar-refractivity contribution is 5.33. The molecule has 0 bridgehead atoms. The van der Waals surface area contributed by atoms with Gasteiger partial charge >= 0.3 is 0 Å². The Morgan fingerprint density at radius 2 is 1.86 bits per heavy atom. The first kappa shape index (κ1) is 16.0. The number of benzene rings is 1. The number of nitro groups is 1. The average molecular weight is 290 g/mol. The second-order valence-corrected chi connectivity index (χ2v) is 6.16. The Hall–Kier alpha value is -1.42. The van der Waals surface area contributed by atoms with Crippen molar-refractivity contribution in [1.82, 2.24) is 5.32 Å². The van der Waals surface area contributed by atoms with Crippen LogP contribution in [0.1, 0.15) is 51.5 Å². The van der Waals surface area contributed by atoms with Crippen LogP contribution in [0, 0.1) is 15.5 Å². The number of hydrogen-bond donors (Lipinski definition) is 1. The Bertz CT molecular complexity index is 464. The second kappa shape index (κ2) is 7.03. The van der Waals surface area contributed by atoms with Crippen LogP contribution >= 0.6 is 0 Å². The highest BCUT2D eigenvalue weighted by Crippen LogP contribution is 2.44.